The van der Waals surface area contributed by atoms with Crippen molar-refractivity contribution >= 4 is 16.5 Å². The summed E-state index contributed by atoms with van der Waals surface area (Å²) in [6, 6.07) is 0. The molecule has 0 fully saturated rings. The van der Waals surface area contributed by atoms with Gasteiger partial charge in [-0.3, -0.25) is 0 Å². The van der Waals surface area contributed by atoms with Gasteiger partial charge in [0.1, 0.15) is 10.6 Å². The van der Waals surface area contributed by atoms with Crippen LogP contribution in [-0.2, 0) is 7.05 Å². The zero-order chi connectivity index (χ0) is 12.7. The van der Waals surface area contributed by atoms with E-state index in [0.717, 1.165) is 16.3 Å². The molecule has 3 aromatic heterocycles. The van der Waals surface area contributed by atoms with E-state index in [-0.39, 0.29) is 0 Å². The largest absolute Gasteiger partial charge is 0.375 e. The normalized spacial score (nSPS) is 11.0. The van der Waals surface area contributed by atoms with Crippen LogP contribution < -0.4 is 5.73 Å². The predicted octanol–water partition coefficient (Wildman–Crippen LogP) is 1.48. The number of aromatic nitrogens is 5. The van der Waals surface area contributed by atoms with Crippen LogP contribution in [0.3, 0.4) is 0 Å². The van der Waals surface area contributed by atoms with Gasteiger partial charge in [-0.2, -0.15) is 4.98 Å². The number of nitrogen functional groups attached to an aromatic ring is 1. The van der Waals surface area contributed by atoms with Gasteiger partial charge in [0.25, 0.3) is 5.89 Å². The zero-order valence-corrected chi connectivity index (χ0v) is 10.6. The fraction of sp³-hybridized carbons (Fsp3) is 0.200. The minimum atomic E-state index is 0.429. The molecule has 0 aliphatic carbocycles. The second-order valence-electron chi connectivity index (χ2n) is 3.78. The molecule has 92 valence electrons. The molecule has 3 rings (SSSR count). The van der Waals surface area contributed by atoms with Crippen LogP contribution in [0.1, 0.15) is 5.69 Å². The number of nitrogens with zero attached hydrogens (tertiary/aromatic N) is 5. The fourth-order valence-corrected chi connectivity index (χ4v) is 2.36. The molecule has 2 N–H and O–H groups in total. The van der Waals surface area contributed by atoms with Crippen LogP contribution in [0, 0.1) is 6.92 Å². The molecule has 0 saturated carbocycles. The summed E-state index contributed by atoms with van der Waals surface area (Å²) in [5, 5.41) is 4.43. The van der Waals surface area contributed by atoms with E-state index in [1.807, 2.05) is 18.5 Å². The van der Waals surface area contributed by atoms with Gasteiger partial charge in [0, 0.05) is 7.05 Å². The SMILES string of the molecule is Cc1nc(N)sc1-c1nc(-c2cncn2C)no1. The van der Waals surface area contributed by atoms with E-state index >= 15 is 0 Å². The Hall–Kier alpha value is -2.22. The number of imidazole rings is 1. The van der Waals surface area contributed by atoms with Crippen molar-refractivity contribution < 1.29 is 4.52 Å². The maximum Gasteiger partial charge on any atom is 0.270 e. The van der Waals surface area contributed by atoms with E-state index in [1.54, 1.807) is 12.5 Å². The highest BCUT2D eigenvalue weighted by Crippen LogP contribution is 2.31. The summed E-state index contributed by atoms with van der Waals surface area (Å²) in [4.78, 5) is 13.3. The zero-order valence-electron chi connectivity index (χ0n) is 9.78. The minimum Gasteiger partial charge on any atom is -0.375 e. The van der Waals surface area contributed by atoms with E-state index < -0.39 is 0 Å². The van der Waals surface area contributed by atoms with Crippen molar-refractivity contribution in [3.05, 3.63) is 18.2 Å². The second-order valence-corrected chi connectivity index (χ2v) is 4.81. The van der Waals surface area contributed by atoms with E-state index in [1.165, 1.54) is 11.3 Å². The molecule has 7 nitrogen and oxygen atoms in total. The Kier molecular flexibility index (Phi) is 2.37. The summed E-state index contributed by atoms with van der Waals surface area (Å²) in [7, 11) is 1.87. The first-order valence-electron chi connectivity index (χ1n) is 5.19. The predicted molar refractivity (Wildman–Crippen MR) is 66.8 cm³/mol. The molecule has 0 unspecified atom stereocenters. The lowest BCUT2D eigenvalue weighted by Crippen LogP contribution is -1.90. The van der Waals surface area contributed by atoms with Crippen LogP contribution in [0.15, 0.2) is 17.0 Å². The first-order chi connectivity index (χ1) is 8.65. The lowest BCUT2D eigenvalue weighted by atomic mass is 10.4. The highest BCUT2D eigenvalue weighted by atomic mass is 32.1. The molecule has 0 aliphatic heterocycles. The number of anilines is 1. The van der Waals surface area contributed by atoms with Crippen molar-refractivity contribution in [3.8, 4) is 22.3 Å². The first-order valence-corrected chi connectivity index (χ1v) is 6.00. The summed E-state index contributed by atoms with van der Waals surface area (Å²) in [5.41, 5.74) is 7.23. The molecule has 0 saturated heterocycles. The minimum absolute atomic E-state index is 0.429. The van der Waals surface area contributed by atoms with E-state index in [9.17, 15) is 0 Å². The van der Waals surface area contributed by atoms with Gasteiger partial charge >= 0.3 is 0 Å². The molecule has 18 heavy (non-hydrogen) atoms. The quantitative estimate of drug-likeness (QED) is 0.751. The average Bonchev–Trinajstić information content (AvgIpc) is 2.98. The lowest BCUT2D eigenvalue weighted by molar-refractivity contribution is 0.432. The van der Waals surface area contributed by atoms with Crippen LogP contribution in [0.4, 0.5) is 5.13 Å². The van der Waals surface area contributed by atoms with Gasteiger partial charge in [-0.05, 0) is 6.92 Å². The van der Waals surface area contributed by atoms with Gasteiger partial charge in [0.05, 0.1) is 18.2 Å². The summed E-state index contributed by atoms with van der Waals surface area (Å²) in [6.07, 6.45) is 3.36. The third kappa shape index (κ3) is 1.66. The van der Waals surface area contributed by atoms with Crippen LogP contribution >= 0.6 is 11.3 Å². The van der Waals surface area contributed by atoms with Gasteiger partial charge in [-0.15, -0.1) is 0 Å². The van der Waals surface area contributed by atoms with Crippen molar-refractivity contribution in [3.63, 3.8) is 0 Å². The van der Waals surface area contributed by atoms with Crippen LogP contribution in [0.5, 0.6) is 0 Å². The maximum absolute atomic E-state index is 5.65. The third-order valence-corrected chi connectivity index (χ3v) is 3.45. The maximum atomic E-state index is 5.65. The Labute approximate surface area is 106 Å². The Bertz CT molecular complexity index is 697. The van der Waals surface area contributed by atoms with Crippen LogP contribution in [0.2, 0.25) is 0 Å². The van der Waals surface area contributed by atoms with Gasteiger partial charge in [0.2, 0.25) is 5.82 Å². The first kappa shape index (κ1) is 10.9. The number of rotatable bonds is 2. The van der Waals surface area contributed by atoms with Crippen molar-refractivity contribution in [1.29, 1.82) is 0 Å². The molecule has 0 atom stereocenters. The standard InChI is InChI=1S/C10H10N6OS/c1-5-7(18-10(11)13-5)9-14-8(15-17-9)6-3-12-4-16(6)2/h3-4H,1-2H3,(H2,11,13). The second kappa shape index (κ2) is 3.91. The Morgan fingerprint density at radius 2 is 2.22 bits per heavy atom. The highest BCUT2D eigenvalue weighted by Gasteiger charge is 2.17. The monoisotopic (exact) mass is 262 g/mol. The third-order valence-electron chi connectivity index (χ3n) is 2.48. The molecule has 3 heterocycles. The smallest absolute Gasteiger partial charge is 0.270 e. The van der Waals surface area contributed by atoms with Crippen LogP contribution in [0.25, 0.3) is 22.3 Å². The number of thiazole rings is 1. The molecule has 0 radical (unpaired) electrons. The Balaban J connectivity index is 2.05. The molecule has 0 aromatic carbocycles. The average molecular weight is 262 g/mol. The molecular weight excluding hydrogens is 252 g/mol. The number of aryl methyl sites for hydroxylation is 2. The number of nitrogens with two attached hydrogens (primary N) is 1. The topological polar surface area (TPSA) is 95.7 Å². The molecule has 3 aromatic rings. The van der Waals surface area contributed by atoms with E-state index in [2.05, 4.69) is 20.1 Å². The molecule has 0 aliphatic rings. The van der Waals surface area contributed by atoms with E-state index in [4.69, 9.17) is 10.3 Å². The molecule has 0 spiro atoms. The summed E-state index contributed by atoms with van der Waals surface area (Å²) in [6.45, 7) is 1.86. The Morgan fingerprint density at radius 3 is 2.83 bits per heavy atom. The Morgan fingerprint density at radius 1 is 1.39 bits per heavy atom. The number of hydrogen-bond acceptors (Lipinski definition) is 7. The van der Waals surface area contributed by atoms with Crippen molar-refractivity contribution in [2.75, 3.05) is 5.73 Å². The summed E-state index contributed by atoms with van der Waals surface area (Å²) >= 11 is 1.33. The molecule has 0 amide bonds. The summed E-state index contributed by atoms with van der Waals surface area (Å²) in [5.74, 6) is 0.925. The van der Waals surface area contributed by atoms with Crippen molar-refractivity contribution in [2.24, 2.45) is 7.05 Å². The van der Waals surface area contributed by atoms with Gasteiger partial charge in [-0.25, -0.2) is 9.97 Å². The molecule has 0 bridgehead atoms. The fourth-order valence-electron chi connectivity index (χ4n) is 1.61. The lowest BCUT2D eigenvalue weighted by Gasteiger charge is -1.92. The molecule has 8 heteroatoms. The van der Waals surface area contributed by atoms with E-state index in [0.29, 0.717) is 16.8 Å². The van der Waals surface area contributed by atoms with Crippen molar-refractivity contribution in [1.82, 2.24) is 24.7 Å². The van der Waals surface area contributed by atoms with Gasteiger partial charge in [0.15, 0.2) is 5.13 Å². The number of hydrogen-bond donors (Lipinski definition) is 1. The van der Waals surface area contributed by atoms with Crippen molar-refractivity contribution in [2.45, 2.75) is 6.92 Å². The van der Waals surface area contributed by atoms with Crippen LogP contribution in [-0.4, -0.2) is 24.7 Å². The van der Waals surface area contributed by atoms with Gasteiger partial charge < -0.3 is 14.8 Å². The molecular formula is C10H10N6OS. The summed E-state index contributed by atoms with van der Waals surface area (Å²) < 4.78 is 7.06. The highest BCUT2D eigenvalue weighted by molar-refractivity contribution is 7.18. The van der Waals surface area contributed by atoms with Gasteiger partial charge in [-0.1, -0.05) is 16.5 Å².